The molecule has 38 heavy (non-hydrogen) atoms. The summed E-state index contributed by atoms with van der Waals surface area (Å²) in [4.78, 5) is 17.2. The van der Waals surface area contributed by atoms with Crippen molar-refractivity contribution in [2.45, 2.75) is 31.7 Å². The van der Waals surface area contributed by atoms with Crippen molar-refractivity contribution in [1.82, 2.24) is 20.1 Å². The van der Waals surface area contributed by atoms with Crippen LogP contribution in [-0.4, -0.2) is 33.9 Å². The molecule has 3 N–H and O–H groups in total. The average molecular weight is 522 g/mol. The maximum absolute atomic E-state index is 13.2. The lowest BCUT2D eigenvalue weighted by Crippen LogP contribution is -2.30. The van der Waals surface area contributed by atoms with Crippen molar-refractivity contribution in [3.63, 3.8) is 0 Å². The summed E-state index contributed by atoms with van der Waals surface area (Å²) in [5, 5.41) is 7.34. The minimum Gasteiger partial charge on any atom is -0.377 e. The lowest BCUT2D eigenvalue weighted by atomic mass is 9.95. The number of halogens is 3. The third-order valence-corrected chi connectivity index (χ3v) is 6.66. The van der Waals surface area contributed by atoms with Crippen molar-refractivity contribution in [2.24, 2.45) is 5.73 Å². The lowest BCUT2D eigenvalue weighted by Gasteiger charge is -2.25. The first kappa shape index (κ1) is 25.6. The molecule has 2 aromatic heterocycles. The van der Waals surface area contributed by atoms with E-state index in [-0.39, 0.29) is 24.5 Å². The number of ether oxygens (including phenoxy) is 1. The maximum Gasteiger partial charge on any atom is 0.416 e. The summed E-state index contributed by atoms with van der Waals surface area (Å²) in [7, 11) is 0. The third kappa shape index (κ3) is 5.32. The van der Waals surface area contributed by atoms with Crippen molar-refractivity contribution in [3.8, 4) is 22.3 Å². The topological polar surface area (TPSA) is 95.1 Å². The second-order valence-electron chi connectivity index (χ2n) is 9.25. The van der Waals surface area contributed by atoms with Crippen LogP contribution in [0.2, 0.25) is 0 Å². The Morgan fingerprint density at radius 1 is 1.08 bits per heavy atom. The van der Waals surface area contributed by atoms with Crippen molar-refractivity contribution >= 4 is 5.91 Å². The zero-order chi connectivity index (χ0) is 26.9. The number of benzene rings is 2. The molecule has 1 amide bonds. The molecule has 0 radical (unpaired) electrons. The molecule has 1 aliphatic heterocycles. The van der Waals surface area contributed by atoms with Gasteiger partial charge in [0.1, 0.15) is 0 Å². The maximum atomic E-state index is 13.2. The molecule has 5 rings (SSSR count). The number of aromatic nitrogens is 3. The highest BCUT2D eigenvalue weighted by molar-refractivity contribution is 5.95. The molecule has 7 nitrogen and oxygen atoms in total. The Kier molecular flexibility index (Phi) is 7.00. The summed E-state index contributed by atoms with van der Waals surface area (Å²) in [5.41, 5.74) is 9.54. The van der Waals surface area contributed by atoms with Gasteiger partial charge in [-0.25, -0.2) is 0 Å². The normalized spacial score (nSPS) is 14.7. The van der Waals surface area contributed by atoms with Crippen LogP contribution >= 0.6 is 0 Å². The van der Waals surface area contributed by atoms with Crippen LogP contribution in [0, 0.1) is 0 Å². The zero-order valence-corrected chi connectivity index (χ0v) is 20.6. The van der Waals surface area contributed by atoms with Crippen LogP contribution in [0.1, 0.15) is 46.1 Å². The van der Waals surface area contributed by atoms with E-state index in [9.17, 15) is 18.0 Å². The van der Waals surface area contributed by atoms with E-state index in [4.69, 9.17) is 10.5 Å². The second-order valence-corrected chi connectivity index (χ2v) is 9.25. The van der Waals surface area contributed by atoms with Crippen LogP contribution in [0.5, 0.6) is 0 Å². The minimum atomic E-state index is -4.45. The van der Waals surface area contributed by atoms with Crippen LogP contribution in [0.25, 0.3) is 22.3 Å². The molecular weight excluding hydrogens is 495 g/mol. The van der Waals surface area contributed by atoms with Gasteiger partial charge in [0, 0.05) is 36.3 Å². The first-order valence-electron chi connectivity index (χ1n) is 12.1. The van der Waals surface area contributed by atoms with E-state index in [1.165, 1.54) is 12.3 Å². The first-order chi connectivity index (χ1) is 18.2. The standard InChI is InChI=1S/C28H26F3N5O2/c1-17(18-2-4-19(5-3-18)26-9-24(28(29,30)31)7-6-20(26)10-32)35-27(37)22-8-21(11-33-12-22)23-13-34-36(14-23)25-15-38-16-25/h2-9,11-14,17,25H,10,15-16,32H2,1H3,(H,35,37)/t17-/m1/s1. The Labute approximate surface area is 217 Å². The van der Waals surface area contributed by atoms with E-state index in [0.717, 1.165) is 28.8 Å². The van der Waals surface area contributed by atoms with Crippen LogP contribution in [0.4, 0.5) is 13.2 Å². The number of nitrogens with one attached hydrogen (secondary N) is 1. The molecule has 10 heteroatoms. The predicted octanol–water partition coefficient (Wildman–Crippen LogP) is 5.15. The molecule has 1 aliphatic rings. The Morgan fingerprint density at radius 2 is 1.84 bits per heavy atom. The number of nitrogens with two attached hydrogens (primary N) is 1. The average Bonchev–Trinajstić information content (AvgIpc) is 3.36. The minimum absolute atomic E-state index is 0.116. The van der Waals surface area contributed by atoms with Gasteiger partial charge in [0.15, 0.2) is 0 Å². The molecule has 0 aliphatic carbocycles. The van der Waals surface area contributed by atoms with Crippen LogP contribution < -0.4 is 11.1 Å². The van der Waals surface area contributed by atoms with Gasteiger partial charge in [-0.05, 0) is 47.4 Å². The molecule has 196 valence electrons. The predicted molar refractivity (Wildman–Crippen MR) is 136 cm³/mol. The quantitative estimate of drug-likeness (QED) is 0.351. The summed E-state index contributed by atoms with van der Waals surface area (Å²) < 4.78 is 46.8. The highest BCUT2D eigenvalue weighted by Crippen LogP contribution is 2.34. The highest BCUT2D eigenvalue weighted by Gasteiger charge is 2.31. The number of hydrogen-bond donors (Lipinski definition) is 2. The second kappa shape index (κ2) is 10.4. The molecule has 1 atom stereocenters. The SMILES string of the molecule is C[C@@H](NC(=O)c1cncc(-c2cnn(C3COC3)c2)c1)c1ccc(-c2cc(C(F)(F)F)ccc2CN)cc1. The van der Waals surface area contributed by atoms with Gasteiger partial charge in [-0.2, -0.15) is 18.3 Å². The molecule has 3 heterocycles. The van der Waals surface area contributed by atoms with E-state index in [1.54, 1.807) is 42.7 Å². The van der Waals surface area contributed by atoms with Gasteiger partial charge < -0.3 is 15.8 Å². The Bertz CT molecular complexity index is 1450. The number of pyridine rings is 1. The van der Waals surface area contributed by atoms with Gasteiger partial charge in [-0.1, -0.05) is 30.3 Å². The van der Waals surface area contributed by atoms with E-state index in [2.05, 4.69) is 15.4 Å². The Balaban J connectivity index is 1.29. The fraction of sp³-hybridized carbons (Fsp3) is 0.250. The number of carbonyl (C=O) groups is 1. The fourth-order valence-corrected chi connectivity index (χ4v) is 4.30. The van der Waals surface area contributed by atoms with Gasteiger partial charge in [0.2, 0.25) is 0 Å². The Morgan fingerprint density at radius 3 is 2.50 bits per heavy atom. The van der Waals surface area contributed by atoms with E-state index in [0.29, 0.717) is 35.5 Å². The number of amides is 1. The molecule has 0 spiro atoms. The highest BCUT2D eigenvalue weighted by atomic mass is 19.4. The zero-order valence-electron chi connectivity index (χ0n) is 20.6. The van der Waals surface area contributed by atoms with E-state index < -0.39 is 11.7 Å². The van der Waals surface area contributed by atoms with Gasteiger partial charge in [-0.3, -0.25) is 14.5 Å². The number of rotatable bonds is 7. The van der Waals surface area contributed by atoms with Crippen LogP contribution in [0.15, 0.2) is 73.3 Å². The number of alkyl halides is 3. The summed E-state index contributed by atoms with van der Waals surface area (Å²) in [6, 6.07) is 12.2. The molecule has 1 saturated heterocycles. The summed E-state index contributed by atoms with van der Waals surface area (Å²) in [6.07, 6.45) is 2.39. The lowest BCUT2D eigenvalue weighted by molar-refractivity contribution is -0.137. The Hall–Kier alpha value is -4.02. The van der Waals surface area contributed by atoms with Crippen molar-refractivity contribution in [3.05, 3.63) is 95.6 Å². The van der Waals surface area contributed by atoms with Gasteiger partial charge in [0.25, 0.3) is 5.91 Å². The molecule has 0 saturated carbocycles. The molecular formula is C28H26F3N5O2. The fourth-order valence-electron chi connectivity index (χ4n) is 4.30. The van der Waals surface area contributed by atoms with Crippen molar-refractivity contribution in [1.29, 1.82) is 0 Å². The van der Waals surface area contributed by atoms with Gasteiger partial charge >= 0.3 is 6.18 Å². The van der Waals surface area contributed by atoms with E-state index >= 15 is 0 Å². The molecule has 0 unspecified atom stereocenters. The van der Waals surface area contributed by atoms with Crippen molar-refractivity contribution in [2.75, 3.05) is 13.2 Å². The third-order valence-electron chi connectivity index (χ3n) is 6.66. The van der Waals surface area contributed by atoms with Gasteiger partial charge in [0.05, 0.1) is 42.6 Å². The first-order valence-corrected chi connectivity index (χ1v) is 12.1. The van der Waals surface area contributed by atoms with Gasteiger partial charge in [-0.15, -0.1) is 0 Å². The number of nitrogens with zero attached hydrogens (tertiary/aromatic N) is 3. The molecule has 2 aromatic carbocycles. The number of carbonyl (C=O) groups excluding carboxylic acids is 1. The molecule has 0 bridgehead atoms. The van der Waals surface area contributed by atoms with Crippen LogP contribution in [-0.2, 0) is 17.5 Å². The van der Waals surface area contributed by atoms with Crippen molar-refractivity contribution < 1.29 is 22.7 Å². The summed E-state index contributed by atoms with van der Waals surface area (Å²) in [6.45, 7) is 3.22. The van der Waals surface area contributed by atoms with E-state index in [1.807, 2.05) is 17.8 Å². The molecule has 1 fully saturated rings. The largest absolute Gasteiger partial charge is 0.416 e. The van der Waals surface area contributed by atoms with Crippen LogP contribution in [0.3, 0.4) is 0 Å². The molecule has 4 aromatic rings. The monoisotopic (exact) mass is 521 g/mol. The smallest absolute Gasteiger partial charge is 0.377 e. The summed E-state index contributed by atoms with van der Waals surface area (Å²) >= 11 is 0. The summed E-state index contributed by atoms with van der Waals surface area (Å²) in [5.74, 6) is -0.293. The number of hydrogen-bond acceptors (Lipinski definition) is 5.